The monoisotopic (exact) mass is 416 g/mol. The SMILES string of the molecule is CCNc1ncc2c(n1)C(=NOCCCc1cccc(-c3cccc(C)n3)n1)CCC2. The Bertz CT molecular complexity index is 1070. The van der Waals surface area contributed by atoms with Crippen LogP contribution in [0.3, 0.4) is 0 Å². The molecule has 0 aliphatic heterocycles. The Hall–Kier alpha value is -3.35. The van der Waals surface area contributed by atoms with Crippen LogP contribution in [0.1, 0.15) is 48.8 Å². The molecule has 31 heavy (non-hydrogen) atoms. The van der Waals surface area contributed by atoms with Crippen LogP contribution in [0.5, 0.6) is 0 Å². The molecule has 4 rings (SSSR count). The van der Waals surface area contributed by atoms with Gasteiger partial charge in [-0.2, -0.15) is 0 Å². The summed E-state index contributed by atoms with van der Waals surface area (Å²) in [7, 11) is 0. The minimum Gasteiger partial charge on any atom is -0.396 e. The summed E-state index contributed by atoms with van der Waals surface area (Å²) in [6.45, 7) is 5.35. The number of rotatable bonds is 8. The van der Waals surface area contributed by atoms with Crippen molar-refractivity contribution in [1.82, 2.24) is 19.9 Å². The van der Waals surface area contributed by atoms with Gasteiger partial charge in [0.25, 0.3) is 0 Å². The van der Waals surface area contributed by atoms with Gasteiger partial charge >= 0.3 is 0 Å². The summed E-state index contributed by atoms with van der Waals surface area (Å²) in [6, 6.07) is 12.1. The van der Waals surface area contributed by atoms with Crippen LogP contribution in [0.2, 0.25) is 0 Å². The zero-order valence-corrected chi connectivity index (χ0v) is 18.1. The van der Waals surface area contributed by atoms with Crippen molar-refractivity contribution < 1.29 is 4.84 Å². The molecule has 0 amide bonds. The molecule has 0 aromatic carbocycles. The Balaban J connectivity index is 1.34. The van der Waals surface area contributed by atoms with E-state index < -0.39 is 0 Å². The van der Waals surface area contributed by atoms with Crippen molar-refractivity contribution in [3.8, 4) is 11.4 Å². The van der Waals surface area contributed by atoms with E-state index in [2.05, 4.69) is 25.4 Å². The van der Waals surface area contributed by atoms with E-state index in [1.807, 2.05) is 56.4 Å². The molecule has 3 heterocycles. The van der Waals surface area contributed by atoms with Crippen LogP contribution < -0.4 is 5.32 Å². The maximum Gasteiger partial charge on any atom is 0.223 e. The second-order valence-corrected chi connectivity index (χ2v) is 7.60. The molecule has 0 saturated carbocycles. The lowest BCUT2D eigenvalue weighted by Crippen LogP contribution is -2.17. The number of pyridine rings is 2. The van der Waals surface area contributed by atoms with Crippen LogP contribution >= 0.6 is 0 Å². The maximum atomic E-state index is 5.65. The number of hydrogen-bond acceptors (Lipinski definition) is 7. The molecule has 7 nitrogen and oxygen atoms in total. The van der Waals surface area contributed by atoms with Crippen molar-refractivity contribution in [3.63, 3.8) is 0 Å². The average molecular weight is 417 g/mol. The molecule has 0 atom stereocenters. The summed E-state index contributed by atoms with van der Waals surface area (Å²) >= 11 is 0. The summed E-state index contributed by atoms with van der Waals surface area (Å²) in [5.41, 5.74) is 6.79. The van der Waals surface area contributed by atoms with E-state index >= 15 is 0 Å². The Morgan fingerprint density at radius 2 is 1.87 bits per heavy atom. The molecule has 1 aliphatic rings. The molecular formula is C24H28N6O. The predicted molar refractivity (Wildman–Crippen MR) is 122 cm³/mol. The van der Waals surface area contributed by atoms with Crippen LogP contribution in [0.25, 0.3) is 11.4 Å². The van der Waals surface area contributed by atoms with Gasteiger partial charge in [0, 0.05) is 24.1 Å². The second kappa shape index (κ2) is 10.1. The first-order valence-corrected chi connectivity index (χ1v) is 10.9. The van der Waals surface area contributed by atoms with Gasteiger partial charge in [-0.25, -0.2) is 9.97 Å². The standard InChI is InChI=1S/C24H28N6O/c1-3-25-24-26-16-18-9-5-14-22(23(18)29-24)30-31-15-7-11-19-10-6-13-21(28-19)20-12-4-8-17(2)27-20/h4,6,8,10,12-13,16H,3,5,7,9,11,14-15H2,1-2H3,(H,25,26,29). The lowest BCUT2D eigenvalue weighted by molar-refractivity contribution is 0.141. The van der Waals surface area contributed by atoms with E-state index in [4.69, 9.17) is 9.82 Å². The quantitative estimate of drug-likeness (QED) is 0.434. The van der Waals surface area contributed by atoms with Gasteiger partial charge in [0.2, 0.25) is 5.95 Å². The van der Waals surface area contributed by atoms with Crippen LogP contribution in [-0.2, 0) is 17.7 Å². The van der Waals surface area contributed by atoms with E-state index in [-0.39, 0.29) is 0 Å². The molecule has 0 spiro atoms. The third-order valence-corrected chi connectivity index (χ3v) is 5.13. The first-order chi connectivity index (χ1) is 15.2. The molecule has 0 bridgehead atoms. The molecule has 0 unspecified atom stereocenters. The molecule has 0 saturated heterocycles. The van der Waals surface area contributed by atoms with Crippen LogP contribution in [0.15, 0.2) is 47.8 Å². The van der Waals surface area contributed by atoms with Crippen molar-refractivity contribution in [2.75, 3.05) is 18.5 Å². The Kier molecular flexibility index (Phi) is 6.82. The number of aromatic nitrogens is 4. The largest absolute Gasteiger partial charge is 0.396 e. The molecule has 3 aromatic heterocycles. The Morgan fingerprint density at radius 1 is 1.03 bits per heavy atom. The van der Waals surface area contributed by atoms with Crippen molar-refractivity contribution in [2.24, 2.45) is 5.16 Å². The lowest BCUT2D eigenvalue weighted by Gasteiger charge is -2.17. The van der Waals surface area contributed by atoms with E-state index in [0.29, 0.717) is 12.6 Å². The smallest absolute Gasteiger partial charge is 0.223 e. The summed E-state index contributed by atoms with van der Waals surface area (Å²) in [4.78, 5) is 24.0. The summed E-state index contributed by atoms with van der Waals surface area (Å²) in [6.07, 6.45) is 6.47. The fourth-order valence-corrected chi connectivity index (χ4v) is 3.63. The highest BCUT2D eigenvalue weighted by Gasteiger charge is 2.19. The highest BCUT2D eigenvalue weighted by Crippen LogP contribution is 2.21. The highest BCUT2D eigenvalue weighted by atomic mass is 16.6. The predicted octanol–water partition coefficient (Wildman–Crippen LogP) is 4.36. The summed E-state index contributed by atoms with van der Waals surface area (Å²) in [5, 5.41) is 7.56. The van der Waals surface area contributed by atoms with E-state index in [1.165, 1.54) is 0 Å². The van der Waals surface area contributed by atoms with Crippen molar-refractivity contribution in [3.05, 3.63) is 65.2 Å². The first-order valence-electron chi connectivity index (χ1n) is 10.9. The van der Waals surface area contributed by atoms with E-state index in [9.17, 15) is 0 Å². The average Bonchev–Trinajstić information content (AvgIpc) is 2.79. The van der Waals surface area contributed by atoms with Gasteiger partial charge < -0.3 is 10.2 Å². The number of anilines is 1. The van der Waals surface area contributed by atoms with Crippen LogP contribution in [0, 0.1) is 6.92 Å². The topological polar surface area (TPSA) is 85.2 Å². The molecule has 0 radical (unpaired) electrons. The third-order valence-electron chi connectivity index (χ3n) is 5.13. The number of nitrogens with zero attached hydrogens (tertiary/aromatic N) is 5. The van der Waals surface area contributed by atoms with Crippen molar-refractivity contribution in [1.29, 1.82) is 0 Å². The number of hydrogen-bond donors (Lipinski definition) is 1. The zero-order chi connectivity index (χ0) is 21.5. The Labute approximate surface area is 183 Å². The summed E-state index contributed by atoms with van der Waals surface area (Å²) in [5.74, 6) is 0.643. The van der Waals surface area contributed by atoms with E-state index in [1.54, 1.807) is 0 Å². The molecule has 0 fully saturated rings. The highest BCUT2D eigenvalue weighted by molar-refractivity contribution is 6.00. The van der Waals surface area contributed by atoms with Crippen LogP contribution in [0.4, 0.5) is 5.95 Å². The summed E-state index contributed by atoms with van der Waals surface area (Å²) < 4.78 is 0. The molecular weight excluding hydrogens is 388 g/mol. The molecule has 7 heteroatoms. The van der Waals surface area contributed by atoms with Gasteiger partial charge in [0.05, 0.1) is 17.1 Å². The zero-order valence-electron chi connectivity index (χ0n) is 18.1. The fourth-order valence-electron chi connectivity index (χ4n) is 3.63. The van der Waals surface area contributed by atoms with Gasteiger partial charge in [-0.1, -0.05) is 17.3 Å². The van der Waals surface area contributed by atoms with Crippen molar-refractivity contribution >= 4 is 11.7 Å². The normalized spacial score (nSPS) is 14.3. The Morgan fingerprint density at radius 3 is 2.71 bits per heavy atom. The van der Waals surface area contributed by atoms with Gasteiger partial charge in [-0.3, -0.25) is 9.97 Å². The molecule has 160 valence electrons. The minimum absolute atomic E-state index is 0.540. The first kappa shape index (κ1) is 20.9. The van der Waals surface area contributed by atoms with E-state index in [0.717, 1.165) is 78.4 Å². The number of aryl methyl sites for hydroxylation is 3. The van der Waals surface area contributed by atoms with Gasteiger partial charge in [0.15, 0.2) is 0 Å². The minimum atomic E-state index is 0.540. The lowest BCUT2D eigenvalue weighted by atomic mass is 9.96. The fraction of sp³-hybridized carbons (Fsp3) is 0.375. The number of nitrogens with one attached hydrogen (secondary N) is 1. The third kappa shape index (κ3) is 5.42. The molecule has 3 aromatic rings. The van der Waals surface area contributed by atoms with Crippen LogP contribution in [-0.4, -0.2) is 38.8 Å². The van der Waals surface area contributed by atoms with Crippen molar-refractivity contribution in [2.45, 2.75) is 46.0 Å². The molecule has 1 aliphatic carbocycles. The maximum absolute atomic E-state index is 5.65. The second-order valence-electron chi connectivity index (χ2n) is 7.60. The number of oxime groups is 1. The number of fused-ring (bicyclic) bond motifs is 1. The molecule has 1 N–H and O–H groups in total. The van der Waals surface area contributed by atoms with Gasteiger partial charge in [-0.05, 0) is 75.8 Å². The van der Waals surface area contributed by atoms with Gasteiger partial charge in [-0.15, -0.1) is 0 Å². The van der Waals surface area contributed by atoms with Gasteiger partial charge in [0.1, 0.15) is 12.3 Å².